The van der Waals surface area contributed by atoms with Gasteiger partial charge in [0.25, 0.3) is 0 Å². The van der Waals surface area contributed by atoms with Crippen molar-refractivity contribution >= 4 is 5.91 Å². The van der Waals surface area contributed by atoms with E-state index in [2.05, 4.69) is 16.3 Å². The van der Waals surface area contributed by atoms with Crippen molar-refractivity contribution in [3.8, 4) is 6.07 Å². The molecule has 2 fully saturated rings. The summed E-state index contributed by atoms with van der Waals surface area (Å²) >= 11 is 0. The monoisotopic (exact) mass is 279 g/mol. The highest BCUT2D eigenvalue weighted by molar-refractivity contribution is 5.85. The van der Waals surface area contributed by atoms with Crippen LogP contribution < -0.4 is 5.32 Å². The smallest absolute Gasteiger partial charge is 0.240 e. The Labute approximate surface area is 121 Å². The molecule has 5 nitrogen and oxygen atoms in total. The van der Waals surface area contributed by atoms with Crippen molar-refractivity contribution in [2.75, 3.05) is 32.8 Å². The van der Waals surface area contributed by atoms with E-state index in [4.69, 9.17) is 4.74 Å². The van der Waals surface area contributed by atoms with Gasteiger partial charge < -0.3 is 10.1 Å². The van der Waals surface area contributed by atoms with Crippen molar-refractivity contribution in [1.82, 2.24) is 10.2 Å². The number of hydrogen-bond donors (Lipinski definition) is 1. The molecule has 1 aliphatic carbocycles. The summed E-state index contributed by atoms with van der Waals surface area (Å²) in [4.78, 5) is 14.7. The molecule has 1 unspecified atom stereocenters. The summed E-state index contributed by atoms with van der Waals surface area (Å²) in [5, 5.41) is 12.5. The molecular formula is C15H25N3O2. The van der Waals surface area contributed by atoms with Gasteiger partial charge in [-0.1, -0.05) is 19.3 Å². The third-order valence-corrected chi connectivity index (χ3v) is 4.37. The quantitative estimate of drug-likeness (QED) is 0.842. The van der Waals surface area contributed by atoms with Crippen LogP contribution in [-0.2, 0) is 9.53 Å². The minimum atomic E-state index is -0.780. The Morgan fingerprint density at radius 2 is 2.00 bits per heavy atom. The van der Waals surface area contributed by atoms with Crippen molar-refractivity contribution in [3.63, 3.8) is 0 Å². The van der Waals surface area contributed by atoms with Gasteiger partial charge in [-0.05, 0) is 19.8 Å². The van der Waals surface area contributed by atoms with Gasteiger partial charge in [-0.3, -0.25) is 9.69 Å². The average molecular weight is 279 g/mol. The van der Waals surface area contributed by atoms with Crippen LogP contribution in [0.1, 0.15) is 39.0 Å². The molecule has 1 saturated heterocycles. The minimum Gasteiger partial charge on any atom is -0.379 e. The molecule has 0 radical (unpaired) electrons. The van der Waals surface area contributed by atoms with E-state index in [9.17, 15) is 10.1 Å². The highest BCUT2D eigenvalue weighted by atomic mass is 16.5. The fraction of sp³-hybridized carbons (Fsp3) is 0.867. The first-order valence-corrected chi connectivity index (χ1v) is 7.69. The molecule has 1 N–H and O–H groups in total. The lowest BCUT2D eigenvalue weighted by Crippen LogP contribution is -2.50. The van der Waals surface area contributed by atoms with E-state index in [1.165, 1.54) is 0 Å². The second-order valence-electron chi connectivity index (χ2n) is 6.04. The lowest BCUT2D eigenvalue weighted by molar-refractivity contribution is -0.130. The standard InChI is InChI=1S/C15H25N3O2/c1-13(11-18-7-9-20-10-8-18)17-14(19)15(12-16)5-3-2-4-6-15/h13H,2-11H2,1H3,(H,17,19). The maximum absolute atomic E-state index is 12.4. The zero-order valence-corrected chi connectivity index (χ0v) is 12.4. The van der Waals surface area contributed by atoms with Crippen molar-refractivity contribution in [1.29, 1.82) is 5.26 Å². The Morgan fingerprint density at radius 1 is 1.35 bits per heavy atom. The number of ether oxygens (including phenoxy) is 1. The van der Waals surface area contributed by atoms with E-state index in [1.807, 2.05) is 6.92 Å². The molecule has 5 heteroatoms. The predicted molar refractivity (Wildman–Crippen MR) is 76.0 cm³/mol. The summed E-state index contributed by atoms with van der Waals surface area (Å²) in [6.07, 6.45) is 4.52. The zero-order chi connectivity index (χ0) is 14.4. The van der Waals surface area contributed by atoms with Crippen LogP contribution in [0.3, 0.4) is 0 Å². The van der Waals surface area contributed by atoms with Crippen LogP contribution in [0.25, 0.3) is 0 Å². The van der Waals surface area contributed by atoms with Crippen LogP contribution in [0, 0.1) is 16.7 Å². The summed E-state index contributed by atoms with van der Waals surface area (Å²) in [6.45, 7) is 6.22. The molecule has 1 atom stereocenters. The summed E-state index contributed by atoms with van der Waals surface area (Å²) in [5.74, 6) is -0.0690. The van der Waals surface area contributed by atoms with E-state index in [1.54, 1.807) is 0 Å². The number of morpholine rings is 1. The molecule has 1 heterocycles. The maximum Gasteiger partial charge on any atom is 0.240 e. The fourth-order valence-corrected chi connectivity index (χ4v) is 3.12. The van der Waals surface area contributed by atoms with Gasteiger partial charge in [-0.15, -0.1) is 0 Å². The van der Waals surface area contributed by atoms with Crippen molar-refractivity contribution < 1.29 is 9.53 Å². The Balaban J connectivity index is 1.84. The number of nitrogens with one attached hydrogen (secondary N) is 1. The number of carbonyl (C=O) groups is 1. The molecule has 2 aliphatic rings. The van der Waals surface area contributed by atoms with Gasteiger partial charge in [-0.2, -0.15) is 5.26 Å². The topological polar surface area (TPSA) is 65.4 Å². The van der Waals surface area contributed by atoms with E-state index in [0.717, 1.165) is 52.1 Å². The molecule has 1 aliphatic heterocycles. The first-order chi connectivity index (χ1) is 9.66. The number of rotatable bonds is 4. The summed E-state index contributed by atoms with van der Waals surface area (Å²) in [5.41, 5.74) is -0.780. The molecule has 0 aromatic heterocycles. The Morgan fingerprint density at radius 3 is 2.60 bits per heavy atom. The lowest BCUT2D eigenvalue weighted by atomic mass is 9.74. The molecule has 1 amide bonds. The third-order valence-electron chi connectivity index (χ3n) is 4.37. The maximum atomic E-state index is 12.4. The van der Waals surface area contributed by atoms with Crippen molar-refractivity contribution in [3.05, 3.63) is 0 Å². The molecule has 1 saturated carbocycles. The van der Waals surface area contributed by atoms with Crippen LogP contribution in [0.2, 0.25) is 0 Å². The van der Waals surface area contributed by atoms with Gasteiger partial charge in [0.2, 0.25) is 5.91 Å². The molecule has 0 bridgehead atoms. The Bertz CT molecular complexity index is 366. The molecule has 0 aromatic carbocycles. The molecule has 20 heavy (non-hydrogen) atoms. The lowest BCUT2D eigenvalue weighted by Gasteiger charge is -2.33. The van der Waals surface area contributed by atoms with Crippen LogP contribution in [-0.4, -0.2) is 49.7 Å². The number of nitriles is 1. The van der Waals surface area contributed by atoms with Crippen molar-refractivity contribution in [2.45, 2.75) is 45.1 Å². The second-order valence-corrected chi connectivity index (χ2v) is 6.04. The highest BCUT2D eigenvalue weighted by Gasteiger charge is 2.40. The molecule has 0 aromatic rings. The summed E-state index contributed by atoms with van der Waals surface area (Å²) in [6, 6.07) is 2.36. The SMILES string of the molecule is CC(CN1CCOCC1)NC(=O)C1(C#N)CCCCC1. The minimum absolute atomic E-state index is 0.0690. The van der Waals surface area contributed by atoms with Gasteiger partial charge in [0.15, 0.2) is 0 Å². The molecular weight excluding hydrogens is 254 g/mol. The van der Waals surface area contributed by atoms with Gasteiger partial charge in [-0.25, -0.2) is 0 Å². The molecule has 0 spiro atoms. The number of nitrogens with zero attached hydrogens (tertiary/aromatic N) is 2. The van der Waals surface area contributed by atoms with Gasteiger partial charge in [0.05, 0.1) is 19.3 Å². The number of carbonyl (C=O) groups excluding carboxylic acids is 1. The van der Waals surface area contributed by atoms with E-state index < -0.39 is 5.41 Å². The average Bonchev–Trinajstić information content (AvgIpc) is 2.48. The molecule has 2 rings (SSSR count). The van der Waals surface area contributed by atoms with E-state index >= 15 is 0 Å². The molecule has 112 valence electrons. The van der Waals surface area contributed by atoms with Gasteiger partial charge in [0.1, 0.15) is 5.41 Å². The number of hydrogen-bond acceptors (Lipinski definition) is 4. The van der Waals surface area contributed by atoms with Crippen LogP contribution in [0.15, 0.2) is 0 Å². The van der Waals surface area contributed by atoms with Crippen LogP contribution >= 0.6 is 0 Å². The third kappa shape index (κ3) is 3.71. The zero-order valence-electron chi connectivity index (χ0n) is 12.4. The van der Waals surface area contributed by atoms with Crippen LogP contribution in [0.4, 0.5) is 0 Å². The van der Waals surface area contributed by atoms with Gasteiger partial charge >= 0.3 is 0 Å². The van der Waals surface area contributed by atoms with E-state index in [-0.39, 0.29) is 11.9 Å². The normalized spacial score (nSPS) is 24.6. The first-order valence-electron chi connectivity index (χ1n) is 7.69. The van der Waals surface area contributed by atoms with Gasteiger partial charge in [0, 0.05) is 25.7 Å². The van der Waals surface area contributed by atoms with Crippen molar-refractivity contribution in [2.24, 2.45) is 5.41 Å². The Kier molecular flexibility index (Phi) is 5.38. The Hall–Kier alpha value is -1.12. The first kappa shape index (κ1) is 15.3. The summed E-state index contributed by atoms with van der Waals surface area (Å²) < 4.78 is 5.32. The van der Waals surface area contributed by atoms with Crippen LogP contribution in [0.5, 0.6) is 0 Å². The summed E-state index contributed by atoms with van der Waals surface area (Å²) in [7, 11) is 0. The second kappa shape index (κ2) is 7.05. The largest absolute Gasteiger partial charge is 0.379 e. The number of amides is 1. The highest BCUT2D eigenvalue weighted by Crippen LogP contribution is 2.35. The van der Waals surface area contributed by atoms with E-state index in [0.29, 0.717) is 12.8 Å². The predicted octanol–water partition coefficient (Wildman–Crippen LogP) is 1.30. The fourth-order valence-electron chi connectivity index (χ4n) is 3.12.